The van der Waals surface area contributed by atoms with Crippen molar-refractivity contribution >= 4 is 0 Å². The van der Waals surface area contributed by atoms with Crippen LogP contribution in [0.4, 0.5) is 0 Å². The molecular weight excluding hydrogens is 194 g/mol. The third-order valence-electron chi connectivity index (χ3n) is 3.66. The SMILES string of the molecule is CC1(C)c2ccccc2Cc2ccncc21. The zero-order valence-electron chi connectivity index (χ0n) is 9.70. The van der Waals surface area contributed by atoms with Crippen LogP contribution in [0.5, 0.6) is 0 Å². The van der Waals surface area contributed by atoms with E-state index in [1.165, 1.54) is 22.3 Å². The van der Waals surface area contributed by atoms with E-state index in [0.29, 0.717) is 0 Å². The van der Waals surface area contributed by atoms with Gasteiger partial charge in [-0.3, -0.25) is 4.98 Å². The van der Waals surface area contributed by atoms with Crippen molar-refractivity contribution in [1.29, 1.82) is 0 Å². The zero-order chi connectivity index (χ0) is 11.2. The smallest absolute Gasteiger partial charge is 0.0311 e. The highest BCUT2D eigenvalue weighted by Crippen LogP contribution is 2.40. The Morgan fingerprint density at radius 3 is 2.62 bits per heavy atom. The third kappa shape index (κ3) is 1.21. The van der Waals surface area contributed by atoms with Crippen molar-refractivity contribution in [2.75, 3.05) is 0 Å². The van der Waals surface area contributed by atoms with E-state index in [1.54, 1.807) is 0 Å². The summed E-state index contributed by atoms with van der Waals surface area (Å²) < 4.78 is 0. The molecule has 1 aromatic carbocycles. The number of aromatic nitrogens is 1. The van der Waals surface area contributed by atoms with Gasteiger partial charge in [-0.25, -0.2) is 0 Å². The highest BCUT2D eigenvalue weighted by molar-refractivity contribution is 5.51. The van der Waals surface area contributed by atoms with Crippen molar-refractivity contribution in [3.8, 4) is 0 Å². The summed E-state index contributed by atoms with van der Waals surface area (Å²) in [7, 11) is 0. The van der Waals surface area contributed by atoms with Crippen LogP contribution in [0.1, 0.15) is 36.1 Å². The summed E-state index contributed by atoms with van der Waals surface area (Å²) in [6.07, 6.45) is 4.95. The van der Waals surface area contributed by atoms with Crippen LogP contribution in [-0.2, 0) is 11.8 Å². The maximum atomic E-state index is 4.27. The molecule has 16 heavy (non-hydrogen) atoms. The fourth-order valence-electron chi connectivity index (χ4n) is 2.77. The number of rotatable bonds is 0. The number of pyridine rings is 1. The Morgan fingerprint density at radius 2 is 1.75 bits per heavy atom. The lowest BCUT2D eigenvalue weighted by Crippen LogP contribution is -2.27. The molecule has 0 N–H and O–H groups in total. The quantitative estimate of drug-likeness (QED) is 0.648. The van der Waals surface area contributed by atoms with E-state index in [4.69, 9.17) is 0 Å². The first-order valence-corrected chi connectivity index (χ1v) is 5.71. The molecule has 80 valence electrons. The summed E-state index contributed by atoms with van der Waals surface area (Å²) in [4.78, 5) is 4.27. The molecule has 0 radical (unpaired) electrons. The van der Waals surface area contributed by atoms with Crippen LogP contribution in [0.2, 0.25) is 0 Å². The monoisotopic (exact) mass is 209 g/mol. The number of fused-ring (bicyclic) bond motifs is 2. The van der Waals surface area contributed by atoms with Gasteiger partial charge in [0, 0.05) is 17.8 Å². The number of benzene rings is 1. The van der Waals surface area contributed by atoms with E-state index in [1.807, 2.05) is 12.4 Å². The van der Waals surface area contributed by atoms with Gasteiger partial charge in [0.05, 0.1) is 0 Å². The molecular formula is C15H15N. The van der Waals surface area contributed by atoms with E-state index in [2.05, 4.69) is 49.2 Å². The first kappa shape index (κ1) is 9.59. The Kier molecular flexibility index (Phi) is 1.90. The second-order valence-electron chi connectivity index (χ2n) is 4.99. The second kappa shape index (κ2) is 3.18. The third-order valence-corrected chi connectivity index (χ3v) is 3.66. The summed E-state index contributed by atoms with van der Waals surface area (Å²) in [5.41, 5.74) is 5.76. The Morgan fingerprint density at radius 1 is 1.00 bits per heavy atom. The van der Waals surface area contributed by atoms with Crippen molar-refractivity contribution in [1.82, 2.24) is 4.98 Å². The molecule has 0 aliphatic heterocycles. The molecule has 2 aromatic rings. The molecule has 1 heteroatoms. The van der Waals surface area contributed by atoms with Crippen LogP contribution in [0.15, 0.2) is 42.7 Å². The van der Waals surface area contributed by atoms with Crippen molar-refractivity contribution < 1.29 is 0 Å². The van der Waals surface area contributed by atoms with Gasteiger partial charge in [-0.2, -0.15) is 0 Å². The van der Waals surface area contributed by atoms with Gasteiger partial charge in [0.15, 0.2) is 0 Å². The highest BCUT2D eigenvalue weighted by Gasteiger charge is 2.31. The summed E-state index contributed by atoms with van der Waals surface area (Å²) in [5, 5.41) is 0. The van der Waals surface area contributed by atoms with Gasteiger partial charge in [-0.1, -0.05) is 38.1 Å². The Labute approximate surface area is 96.2 Å². The van der Waals surface area contributed by atoms with Crippen molar-refractivity contribution in [2.45, 2.75) is 25.7 Å². The van der Waals surface area contributed by atoms with Gasteiger partial charge >= 0.3 is 0 Å². The van der Waals surface area contributed by atoms with Gasteiger partial charge in [-0.05, 0) is 34.7 Å². The minimum atomic E-state index is 0.0818. The van der Waals surface area contributed by atoms with E-state index in [9.17, 15) is 0 Å². The van der Waals surface area contributed by atoms with Gasteiger partial charge in [-0.15, -0.1) is 0 Å². The molecule has 0 unspecified atom stereocenters. The van der Waals surface area contributed by atoms with Gasteiger partial charge in [0.1, 0.15) is 0 Å². The zero-order valence-corrected chi connectivity index (χ0v) is 9.70. The first-order chi connectivity index (χ1) is 7.69. The average Bonchev–Trinajstić information content (AvgIpc) is 2.29. The van der Waals surface area contributed by atoms with Crippen molar-refractivity contribution in [2.24, 2.45) is 0 Å². The van der Waals surface area contributed by atoms with E-state index >= 15 is 0 Å². The Bertz CT molecular complexity index is 493. The summed E-state index contributed by atoms with van der Waals surface area (Å²) in [5.74, 6) is 0. The predicted molar refractivity (Wildman–Crippen MR) is 65.6 cm³/mol. The lowest BCUT2D eigenvalue weighted by atomic mass is 9.70. The van der Waals surface area contributed by atoms with E-state index in [0.717, 1.165) is 6.42 Å². The molecule has 1 heterocycles. The lowest BCUT2D eigenvalue weighted by molar-refractivity contribution is 0.607. The molecule has 1 aromatic heterocycles. The van der Waals surface area contributed by atoms with Crippen molar-refractivity contribution in [3.63, 3.8) is 0 Å². The fraction of sp³-hybridized carbons (Fsp3) is 0.267. The van der Waals surface area contributed by atoms with Crippen LogP contribution >= 0.6 is 0 Å². The minimum absolute atomic E-state index is 0.0818. The summed E-state index contributed by atoms with van der Waals surface area (Å²) in [6.45, 7) is 4.57. The number of hydrogen-bond acceptors (Lipinski definition) is 1. The molecule has 0 fully saturated rings. The van der Waals surface area contributed by atoms with Crippen LogP contribution in [0, 0.1) is 0 Å². The molecule has 3 rings (SSSR count). The van der Waals surface area contributed by atoms with Gasteiger partial charge in [0.2, 0.25) is 0 Å². The van der Waals surface area contributed by atoms with Gasteiger partial charge < -0.3 is 0 Å². The molecule has 1 aliphatic carbocycles. The molecule has 1 nitrogen and oxygen atoms in total. The summed E-state index contributed by atoms with van der Waals surface area (Å²) in [6, 6.07) is 10.9. The van der Waals surface area contributed by atoms with Crippen LogP contribution in [0.3, 0.4) is 0 Å². The topological polar surface area (TPSA) is 12.9 Å². The molecule has 0 saturated heterocycles. The standard InChI is InChI=1S/C15H15N/c1-15(2)13-6-4-3-5-11(13)9-12-7-8-16-10-14(12)15/h3-8,10H,9H2,1-2H3. The number of nitrogens with zero attached hydrogens (tertiary/aromatic N) is 1. The molecule has 0 saturated carbocycles. The second-order valence-corrected chi connectivity index (χ2v) is 4.99. The van der Waals surface area contributed by atoms with Crippen LogP contribution in [0.25, 0.3) is 0 Å². The Balaban J connectivity index is 2.28. The Hall–Kier alpha value is -1.63. The summed E-state index contributed by atoms with van der Waals surface area (Å²) >= 11 is 0. The first-order valence-electron chi connectivity index (χ1n) is 5.71. The highest BCUT2D eigenvalue weighted by atomic mass is 14.6. The normalized spacial score (nSPS) is 16.4. The van der Waals surface area contributed by atoms with Gasteiger partial charge in [0.25, 0.3) is 0 Å². The van der Waals surface area contributed by atoms with Crippen LogP contribution in [-0.4, -0.2) is 4.98 Å². The van der Waals surface area contributed by atoms with Crippen molar-refractivity contribution in [3.05, 3.63) is 65.0 Å². The van der Waals surface area contributed by atoms with E-state index < -0.39 is 0 Å². The molecule has 0 bridgehead atoms. The molecule has 1 aliphatic rings. The minimum Gasteiger partial charge on any atom is -0.264 e. The molecule has 0 spiro atoms. The number of hydrogen-bond donors (Lipinski definition) is 0. The molecule has 0 amide bonds. The maximum absolute atomic E-state index is 4.27. The fourth-order valence-corrected chi connectivity index (χ4v) is 2.77. The largest absolute Gasteiger partial charge is 0.264 e. The molecule has 0 atom stereocenters. The predicted octanol–water partition coefficient (Wildman–Crippen LogP) is 3.31. The maximum Gasteiger partial charge on any atom is 0.0311 e. The van der Waals surface area contributed by atoms with Crippen LogP contribution < -0.4 is 0 Å². The average molecular weight is 209 g/mol. The lowest BCUT2D eigenvalue weighted by Gasteiger charge is -2.34. The van der Waals surface area contributed by atoms with E-state index in [-0.39, 0.29) is 5.41 Å².